The Bertz CT molecular complexity index is 2210. The molecule has 2 saturated heterocycles. The molecule has 264 valence electrons. The van der Waals surface area contributed by atoms with Crippen molar-refractivity contribution in [1.29, 1.82) is 0 Å². The Hall–Kier alpha value is -5.46. The van der Waals surface area contributed by atoms with Crippen LogP contribution in [0, 0.1) is 25.1 Å². The maximum absolute atomic E-state index is 15.9. The second-order valence-electron chi connectivity index (χ2n) is 13.8. The topological polar surface area (TPSA) is 117 Å². The summed E-state index contributed by atoms with van der Waals surface area (Å²) in [6, 6.07) is 19.5. The van der Waals surface area contributed by atoms with Crippen LogP contribution in [0.2, 0.25) is 0 Å². The monoisotopic (exact) mass is 716 g/mol. The van der Waals surface area contributed by atoms with Gasteiger partial charge in [0.15, 0.2) is 5.82 Å². The Morgan fingerprint density at radius 1 is 0.904 bits per heavy atom. The number of carbonyl (C=O) groups is 3. The normalized spacial score (nSPS) is 16.0. The fraction of sp³-hybridized carbons (Fsp3) is 0.275. The number of hydrogen-bond acceptors (Lipinski definition) is 8. The van der Waals surface area contributed by atoms with E-state index >= 15 is 4.39 Å². The van der Waals surface area contributed by atoms with Crippen LogP contribution in [-0.2, 0) is 11.2 Å². The molecule has 3 aliphatic heterocycles. The van der Waals surface area contributed by atoms with Crippen LogP contribution in [0.4, 0.5) is 27.4 Å². The van der Waals surface area contributed by atoms with Crippen molar-refractivity contribution in [2.45, 2.75) is 33.1 Å². The van der Waals surface area contributed by atoms with Gasteiger partial charge in [-0.1, -0.05) is 18.2 Å². The highest BCUT2D eigenvalue weighted by molar-refractivity contribution is 7.17. The molecule has 2 aromatic carbocycles. The molecule has 0 unspecified atom stereocenters. The predicted molar refractivity (Wildman–Crippen MR) is 200 cm³/mol. The van der Waals surface area contributed by atoms with Gasteiger partial charge in [-0.15, -0.1) is 11.3 Å². The van der Waals surface area contributed by atoms with Crippen molar-refractivity contribution in [2.24, 2.45) is 5.41 Å². The van der Waals surface area contributed by atoms with Gasteiger partial charge in [0, 0.05) is 77.9 Å². The highest BCUT2D eigenvalue weighted by atomic mass is 32.1. The molecule has 0 radical (unpaired) electrons. The zero-order valence-electron chi connectivity index (χ0n) is 28.9. The Kier molecular flexibility index (Phi) is 8.80. The summed E-state index contributed by atoms with van der Waals surface area (Å²) in [5, 5.41) is 5.70. The number of fused-ring (bicyclic) bond motifs is 3. The number of aromatic nitrogens is 2. The van der Waals surface area contributed by atoms with E-state index in [1.165, 1.54) is 0 Å². The summed E-state index contributed by atoms with van der Waals surface area (Å²) in [4.78, 5) is 54.0. The SMILES string of the molecule is Cc1ccnc(NC(=O)c2sc3c(c2F)CCN(C(=O)c2ccc(NC(=O)c4cc(C)cnc4N4CC5(CCOCC5)C4)cc2)c2ccccc2-3)c1. The summed E-state index contributed by atoms with van der Waals surface area (Å²) in [7, 11) is 0. The molecule has 10 nitrogen and oxygen atoms in total. The van der Waals surface area contributed by atoms with E-state index in [1.807, 2.05) is 50.2 Å². The van der Waals surface area contributed by atoms with Crippen molar-refractivity contribution < 1.29 is 23.5 Å². The number of benzene rings is 2. The maximum atomic E-state index is 15.9. The van der Waals surface area contributed by atoms with Gasteiger partial charge in [0.25, 0.3) is 17.7 Å². The quantitative estimate of drug-likeness (QED) is 0.190. The Balaban J connectivity index is 0.986. The summed E-state index contributed by atoms with van der Waals surface area (Å²) >= 11 is 1.07. The maximum Gasteiger partial charge on any atom is 0.269 e. The molecule has 12 heteroatoms. The minimum absolute atomic E-state index is 0.0257. The largest absolute Gasteiger partial charge is 0.381 e. The van der Waals surface area contributed by atoms with Gasteiger partial charge in [0.2, 0.25) is 0 Å². The second kappa shape index (κ2) is 13.6. The van der Waals surface area contributed by atoms with Gasteiger partial charge in [-0.25, -0.2) is 14.4 Å². The average Bonchev–Trinajstić information content (AvgIpc) is 3.37. The molecule has 2 N–H and O–H groups in total. The van der Waals surface area contributed by atoms with Crippen LogP contribution in [0.25, 0.3) is 10.4 Å². The molecule has 0 atom stereocenters. The molecule has 3 aromatic heterocycles. The summed E-state index contributed by atoms with van der Waals surface area (Å²) in [5.74, 6) is -0.648. The van der Waals surface area contributed by atoms with E-state index < -0.39 is 11.7 Å². The third-order valence-corrected chi connectivity index (χ3v) is 11.4. The van der Waals surface area contributed by atoms with Gasteiger partial charge >= 0.3 is 0 Å². The Labute approximate surface area is 304 Å². The van der Waals surface area contributed by atoms with Crippen LogP contribution in [0.3, 0.4) is 0 Å². The predicted octanol–water partition coefficient (Wildman–Crippen LogP) is 7.29. The number of amides is 3. The highest BCUT2D eigenvalue weighted by Crippen LogP contribution is 2.44. The van der Waals surface area contributed by atoms with Crippen molar-refractivity contribution >= 4 is 52.1 Å². The van der Waals surface area contributed by atoms with E-state index in [9.17, 15) is 14.4 Å². The van der Waals surface area contributed by atoms with Crippen LogP contribution in [-0.4, -0.2) is 60.5 Å². The molecule has 0 bridgehead atoms. The van der Waals surface area contributed by atoms with E-state index in [4.69, 9.17) is 4.74 Å². The summed E-state index contributed by atoms with van der Waals surface area (Å²) in [6.07, 6.45) is 5.63. The first-order chi connectivity index (χ1) is 25.2. The van der Waals surface area contributed by atoms with Crippen molar-refractivity contribution in [3.8, 4) is 10.4 Å². The third-order valence-electron chi connectivity index (χ3n) is 10.1. The standard InChI is InChI=1S/C40H37FN6O4S/c1-24-11-15-42-32(20-24)45-38(49)35-33(41)29-12-16-47(31-6-4-3-5-28(31)34(29)52-35)39(50)26-7-9-27(10-8-26)44-37(48)30-19-25(2)21-43-36(30)46-22-40(23-46)13-17-51-18-14-40/h3-11,15,19-21H,12-14,16-18,22-23H2,1-2H3,(H,44,48)(H,42,45,49). The van der Waals surface area contributed by atoms with Crippen molar-refractivity contribution in [3.63, 3.8) is 0 Å². The van der Waals surface area contributed by atoms with E-state index in [1.54, 1.807) is 47.6 Å². The minimum Gasteiger partial charge on any atom is -0.381 e. The highest BCUT2D eigenvalue weighted by Gasteiger charge is 2.45. The molecule has 52 heavy (non-hydrogen) atoms. The second-order valence-corrected chi connectivity index (χ2v) is 14.9. The smallest absolute Gasteiger partial charge is 0.269 e. The molecule has 8 rings (SSSR count). The molecule has 2 fully saturated rings. The summed E-state index contributed by atoms with van der Waals surface area (Å²) in [5.41, 5.74) is 5.23. The lowest BCUT2D eigenvalue weighted by Crippen LogP contribution is -2.59. The van der Waals surface area contributed by atoms with E-state index in [0.29, 0.717) is 50.1 Å². The lowest BCUT2D eigenvalue weighted by molar-refractivity contribution is -0.000511. The molecule has 0 aliphatic carbocycles. The number of rotatable bonds is 6. The number of pyridine rings is 2. The van der Waals surface area contributed by atoms with Crippen LogP contribution in [0.5, 0.6) is 0 Å². The van der Waals surface area contributed by atoms with E-state index in [0.717, 1.165) is 61.6 Å². The van der Waals surface area contributed by atoms with Crippen LogP contribution in [0.15, 0.2) is 79.1 Å². The van der Waals surface area contributed by atoms with Crippen LogP contribution < -0.4 is 20.4 Å². The minimum atomic E-state index is -0.585. The number of nitrogens with zero attached hydrogens (tertiary/aromatic N) is 4. The summed E-state index contributed by atoms with van der Waals surface area (Å²) in [6.45, 7) is 7.26. The van der Waals surface area contributed by atoms with Crippen molar-refractivity contribution in [2.75, 3.05) is 53.3 Å². The number of halogens is 1. The number of carbonyl (C=O) groups excluding carboxylic acids is 3. The van der Waals surface area contributed by atoms with E-state index in [2.05, 4.69) is 25.5 Å². The Morgan fingerprint density at radius 2 is 1.67 bits per heavy atom. The van der Waals surface area contributed by atoms with Crippen LogP contribution >= 0.6 is 11.3 Å². The first kappa shape index (κ1) is 33.7. The zero-order valence-corrected chi connectivity index (χ0v) is 29.7. The zero-order chi connectivity index (χ0) is 36.0. The van der Waals surface area contributed by atoms with E-state index in [-0.39, 0.29) is 35.1 Å². The van der Waals surface area contributed by atoms with Crippen LogP contribution in [0.1, 0.15) is 59.9 Å². The number of thiophene rings is 1. The molecule has 3 aliphatic rings. The molecule has 1 spiro atoms. The number of anilines is 4. The van der Waals surface area contributed by atoms with Gasteiger partial charge in [-0.2, -0.15) is 0 Å². The number of aryl methyl sites for hydroxylation is 2. The first-order valence-electron chi connectivity index (χ1n) is 17.4. The third kappa shape index (κ3) is 6.33. The van der Waals surface area contributed by atoms with Crippen molar-refractivity contribution in [3.05, 3.63) is 118 Å². The number of para-hydroxylation sites is 1. The van der Waals surface area contributed by atoms with Gasteiger partial charge in [-0.3, -0.25) is 14.4 Å². The van der Waals surface area contributed by atoms with Crippen molar-refractivity contribution in [1.82, 2.24) is 9.97 Å². The number of ether oxygens (including phenoxy) is 1. The van der Waals surface area contributed by atoms with Gasteiger partial charge in [0.05, 0.1) is 11.3 Å². The average molecular weight is 717 g/mol. The van der Waals surface area contributed by atoms with Gasteiger partial charge < -0.3 is 25.2 Å². The fourth-order valence-electron chi connectivity index (χ4n) is 7.33. The van der Waals surface area contributed by atoms with Gasteiger partial charge in [-0.05, 0) is 92.8 Å². The number of nitrogens with one attached hydrogen (secondary N) is 2. The lowest BCUT2D eigenvalue weighted by atomic mass is 9.73. The molecule has 0 saturated carbocycles. The lowest BCUT2D eigenvalue weighted by Gasteiger charge is -2.53. The molecule has 5 aromatic rings. The summed E-state index contributed by atoms with van der Waals surface area (Å²) < 4.78 is 21.5. The molecule has 6 heterocycles. The first-order valence-corrected chi connectivity index (χ1v) is 18.2. The molecular formula is C40H37FN6O4S. The number of hydrogen-bond donors (Lipinski definition) is 2. The van der Waals surface area contributed by atoms with Gasteiger partial charge in [0.1, 0.15) is 16.5 Å². The fourth-order valence-corrected chi connectivity index (χ4v) is 8.49. The Morgan fingerprint density at radius 3 is 2.44 bits per heavy atom. The molecular weight excluding hydrogens is 680 g/mol. The molecule has 3 amide bonds.